The van der Waals surface area contributed by atoms with E-state index in [2.05, 4.69) is 21.9 Å². The van der Waals surface area contributed by atoms with E-state index in [4.69, 9.17) is 4.74 Å². The summed E-state index contributed by atoms with van der Waals surface area (Å²) < 4.78 is 6.10. The monoisotopic (exact) mass is 503 g/mol. The number of nitrogens with zero attached hydrogens (tertiary/aromatic N) is 5. The third-order valence-corrected chi connectivity index (χ3v) is 6.95. The second-order valence-corrected chi connectivity index (χ2v) is 9.29. The molecule has 0 N–H and O–H groups in total. The van der Waals surface area contributed by atoms with Crippen LogP contribution in [0.4, 0.5) is 22.7 Å². The van der Waals surface area contributed by atoms with Crippen LogP contribution in [0.5, 0.6) is 0 Å². The summed E-state index contributed by atoms with van der Waals surface area (Å²) >= 11 is 0. The average Bonchev–Trinajstić information content (AvgIpc) is 2.94. The molecule has 192 valence electrons. The summed E-state index contributed by atoms with van der Waals surface area (Å²) in [6, 6.07) is 22.1. The topological polar surface area (TPSA) is 105 Å². The quantitative estimate of drug-likeness (QED) is 0.336. The summed E-state index contributed by atoms with van der Waals surface area (Å²) in [5.41, 5.74) is 3.61. The first-order valence-electron chi connectivity index (χ1n) is 12.4. The van der Waals surface area contributed by atoms with Crippen molar-refractivity contribution >= 4 is 22.7 Å². The Kier molecular flexibility index (Phi) is 7.29. The molecule has 10 heteroatoms. The van der Waals surface area contributed by atoms with Crippen molar-refractivity contribution in [2.75, 3.05) is 49.1 Å². The van der Waals surface area contributed by atoms with Crippen molar-refractivity contribution in [2.24, 2.45) is 0 Å². The highest BCUT2D eigenvalue weighted by atomic mass is 16.6. The van der Waals surface area contributed by atoms with Gasteiger partial charge in [-0.25, -0.2) is 0 Å². The highest BCUT2D eigenvalue weighted by Crippen LogP contribution is 2.36. The average molecular weight is 504 g/mol. The summed E-state index contributed by atoms with van der Waals surface area (Å²) in [6.45, 7) is 4.73. The number of nitro groups is 2. The molecule has 0 amide bonds. The summed E-state index contributed by atoms with van der Waals surface area (Å²) in [7, 11) is 0. The molecule has 0 saturated carbocycles. The Morgan fingerprint density at radius 1 is 0.811 bits per heavy atom. The van der Waals surface area contributed by atoms with Crippen LogP contribution in [0, 0.1) is 20.2 Å². The van der Waals surface area contributed by atoms with Gasteiger partial charge < -0.3 is 14.5 Å². The van der Waals surface area contributed by atoms with Crippen LogP contribution in [0.2, 0.25) is 0 Å². The van der Waals surface area contributed by atoms with Gasteiger partial charge >= 0.3 is 0 Å². The number of non-ortho nitro benzene ring substituents is 1. The van der Waals surface area contributed by atoms with Crippen LogP contribution >= 0.6 is 0 Å². The minimum absolute atomic E-state index is 0.0578. The van der Waals surface area contributed by atoms with Crippen molar-refractivity contribution in [1.29, 1.82) is 0 Å². The van der Waals surface area contributed by atoms with E-state index in [9.17, 15) is 20.2 Å². The van der Waals surface area contributed by atoms with Crippen LogP contribution in [0.25, 0.3) is 0 Å². The molecule has 2 aliphatic rings. The van der Waals surface area contributed by atoms with Crippen molar-refractivity contribution in [3.05, 3.63) is 104 Å². The third-order valence-electron chi connectivity index (χ3n) is 6.95. The largest absolute Gasteiger partial charge is 0.368 e. The van der Waals surface area contributed by atoms with E-state index in [1.165, 1.54) is 17.7 Å². The molecule has 2 heterocycles. The van der Waals surface area contributed by atoms with Crippen molar-refractivity contribution in [2.45, 2.75) is 19.2 Å². The second-order valence-electron chi connectivity index (χ2n) is 9.29. The van der Waals surface area contributed by atoms with E-state index in [-0.39, 0.29) is 22.5 Å². The highest BCUT2D eigenvalue weighted by Gasteiger charge is 2.29. The number of ether oxygens (including phenoxy) is 1. The van der Waals surface area contributed by atoms with Gasteiger partial charge in [0.05, 0.1) is 16.5 Å². The number of hydrogen-bond donors (Lipinski definition) is 0. The first-order valence-corrected chi connectivity index (χ1v) is 12.4. The molecule has 0 spiro atoms. The zero-order chi connectivity index (χ0) is 25.8. The summed E-state index contributed by atoms with van der Waals surface area (Å²) in [4.78, 5) is 28.7. The molecule has 5 rings (SSSR count). The number of piperazine rings is 1. The molecule has 10 nitrogen and oxygen atoms in total. The highest BCUT2D eigenvalue weighted by molar-refractivity contribution is 5.65. The zero-order valence-electron chi connectivity index (χ0n) is 20.4. The predicted octanol–water partition coefficient (Wildman–Crippen LogP) is 4.75. The van der Waals surface area contributed by atoms with Gasteiger partial charge in [-0.2, -0.15) is 0 Å². The second kappa shape index (κ2) is 10.9. The molecule has 3 aromatic rings. The molecular weight excluding hydrogens is 474 g/mol. The van der Waals surface area contributed by atoms with Crippen LogP contribution in [0.1, 0.15) is 23.8 Å². The maximum Gasteiger partial charge on any atom is 0.292 e. The van der Waals surface area contributed by atoms with Crippen molar-refractivity contribution in [1.82, 2.24) is 4.90 Å². The standard InChI is InChI=1S/C27H29N5O5/c33-31(34)24-10-8-23(9-11-24)28-14-16-29(17-15-28)25-12-7-22(19-26(25)32(35)36)27-30(13-4-18-37-27)20-21-5-2-1-3-6-21/h1-3,5-12,19,27H,4,13-18,20H2/t27-/m0/s1. The molecule has 37 heavy (non-hydrogen) atoms. The van der Waals surface area contributed by atoms with Gasteiger partial charge in [-0.1, -0.05) is 36.4 Å². The van der Waals surface area contributed by atoms with E-state index in [1.807, 2.05) is 35.2 Å². The fourth-order valence-electron chi connectivity index (χ4n) is 5.07. The zero-order valence-corrected chi connectivity index (χ0v) is 20.4. The maximum absolute atomic E-state index is 12.1. The number of rotatable bonds is 7. The minimum Gasteiger partial charge on any atom is -0.368 e. The molecule has 2 aliphatic heterocycles. The number of benzene rings is 3. The molecule has 0 aromatic heterocycles. The number of hydrogen-bond acceptors (Lipinski definition) is 8. The summed E-state index contributed by atoms with van der Waals surface area (Å²) in [5.74, 6) is 0. The minimum atomic E-state index is -0.413. The van der Waals surface area contributed by atoms with Gasteiger partial charge in [0.2, 0.25) is 0 Å². The molecule has 3 aromatic carbocycles. The Labute approximate surface area is 215 Å². The van der Waals surface area contributed by atoms with Gasteiger partial charge in [0.15, 0.2) is 0 Å². The molecule has 1 atom stereocenters. The lowest BCUT2D eigenvalue weighted by Crippen LogP contribution is -2.46. The van der Waals surface area contributed by atoms with Crippen LogP contribution in [0.15, 0.2) is 72.8 Å². The van der Waals surface area contributed by atoms with Crippen LogP contribution in [-0.2, 0) is 11.3 Å². The molecule has 0 bridgehead atoms. The molecule has 2 saturated heterocycles. The smallest absolute Gasteiger partial charge is 0.292 e. The molecular formula is C27H29N5O5. The van der Waals surface area contributed by atoms with Gasteiger partial charge in [-0.15, -0.1) is 0 Å². The lowest BCUT2D eigenvalue weighted by atomic mass is 10.1. The first kappa shape index (κ1) is 24.7. The van der Waals surface area contributed by atoms with Gasteiger partial charge in [-0.05, 0) is 30.2 Å². The Balaban J connectivity index is 1.31. The Hall–Kier alpha value is -4.02. The normalized spacial score (nSPS) is 18.5. The van der Waals surface area contributed by atoms with Crippen LogP contribution < -0.4 is 9.80 Å². The molecule has 0 radical (unpaired) electrons. The summed E-state index contributed by atoms with van der Waals surface area (Å²) in [5, 5.41) is 23.0. The van der Waals surface area contributed by atoms with Crippen LogP contribution in [0.3, 0.4) is 0 Å². The van der Waals surface area contributed by atoms with Crippen LogP contribution in [-0.4, -0.2) is 54.1 Å². The predicted molar refractivity (Wildman–Crippen MR) is 141 cm³/mol. The van der Waals surface area contributed by atoms with Gasteiger partial charge in [-0.3, -0.25) is 25.1 Å². The molecule has 0 unspecified atom stereocenters. The lowest BCUT2D eigenvalue weighted by Gasteiger charge is -2.38. The van der Waals surface area contributed by atoms with Gasteiger partial charge in [0.1, 0.15) is 11.9 Å². The Bertz CT molecular complexity index is 1250. The van der Waals surface area contributed by atoms with Gasteiger partial charge in [0.25, 0.3) is 11.4 Å². The van der Waals surface area contributed by atoms with Crippen molar-refractivity contribution in [3.63, 3.8) is 0 Å². The van der Waals surface area contributed by atoms with Crippen molar-refractivity contribution in [3.8, 4) is 0 Å². The summed E-state index contributed by atoms with van der Waals surface area (Å²) in [6.07, 6.45) is 0.587. The number of nitro benzene ring substituents is 2. The van der Waals surface area contributed by atoms with E-state index in [0.29, 0.717) is 45.0 Å². The SMILES string of the molecule is O=[N+]([O-])c1ccc(N2CCN(c3ccc([C@@H]4OCCCN4Cc4ccccc4)cc3[N+](=O)[O-])CC2)cc1. The van der Waals surface area contributed by atoms with E-state index in [1.54, 1.807) is 18.2 Å². The number of anilines is 2. The fourth-order valence-corrected chi connectivity index (χ4v) is 5.07. The van der Waals surface area contributed by atoms with E-state index < -0.39 is 4.92 Å². The molecule has 0 aliphatic carbocycles. The first-order chi connectivity index (χ1) is 18.0. The Morgan fingerprint density at radius 3 is 2.19 bits per heavy atom. The molecule has 2 fully saturated rings. The fraction of sp³-hybridized carbons (Fsp3) is 0.333. The van der Waals surface area contributed by atoms with E-state index in [0.717, 1.165) is 24.2 Å². The Morgan fingerprint density at radius 2 is 1.51 bits per heavy atom. The third kappa shape index (κ3) is 5.55. The van der Waals surface area contributed by atoms with E-state index >= 15 is 0 Å². The maximum atomic E-state index is 12.1. The van der Waals surface area contributed by atoms with Crippen molar-refractivity contribution < 1.29 is 14.6 Å². The van der Waals surface area contributed by atoms with Gasteiger partial charge in [0, 0.05) is 68.7 Å². The lowest BCUT2D eigenvalue weighted by molar-refractivity contribution is -0.384.